The molecule has 0 aliphatic heterocycles. The minimum absolute atomic E-state index is 0.189. The van der Waals surface area contributed by atoms with Crippen LogP contribution < -0.4 is 5.63 Å². The number of ether oxygens (including phenoxy) is 1. The number of benzene rings is 1. The minimum atomic E-state index is -0.778. The molecule has 0 spiro atoms. The Morgan fingerprint density at radius 3 is 2.89 bits per heavy atom. The molecule has 2 aromatic rings. The van der Waals surface area contributed by atoms with Crippen LogP contribution in [0.2, 0.25) is 0 Å². The number of esters is 1. The molecule has 1 aromatic heterocycles. The highest BCUT2D eigenvalue weighted by Gasteiger charge is 2.17. The Bertz CT molecular complexity index is 641. The van der Waals surface area contributed by atoms with Crippen LogP contribution in [0.1, 0.15) is 12.5 Å². The molecule has 1 heterocycles. The van der Waals surface area contributed by atoms with E-state index in [1.54, 1.807) is 31.2 Å². The maximum absolute atomic E-state index is 11.6. The van der Waals surface area contributed by atoms with Gasteiger partial charge in [-0.05, 0) is 19.1 Å². The van der Waals surface area contributed by atoms with E-state index in [0.29, 0.717) is 5.39 Å². The monoisotopic (exact) mass is 247 g/mol. The number of fused-ring (bicyclic) bond motifs is 1. The fourth-order valence-corrected chi connectivity index (χ4v) is 1.58. The van der Waals surface area contributed by atoms with Crippen LogP contribution in [0.15, 0.2) is 33.5 Å². The molecule has 0 atom stereocenters. The van der Waals surface area contributed by atoms with Gasteiger partial charge in [-0.3, -0.25) is 4.79 Å². The third-order valence-electron chi connectivity index (χ3n) is 2.37. The van der Waals surface area contributed by atoms with Crippen LogP contribution in [-0.4, -0.2) is 17.7 Å². The van der Waals surface area contributed by atoms with E-state index in [2.05, 4.69) is 4.74 Å². The van der Waals surface area contributed by atoms with Crippen LogP contribution in [0.25, 0.3) is 11.0 Å². The van der Waals surface area contributed by atoms with Crippen molar-refractivity contribution in [1.82, 2.24) is 0 Å². The van der Waals surface area contributed by atoms with Crippen molar-refractivity contribution in [3.8, 4) is 5.75 Å². The quantitative estimate of drug-likeness (QED) is 0.658. The van der Waals surface area contributed by atoms with E-state index in [1.165, 1.54) is 0 Å². The van der Waals surface area contributed by atoms with Gasteiger partial charge in [-0.25, -0.2) is 4.79 Å². The smallest absolute Gasteiger partial charge is 0.344 e. The van der Waals surface area contributed by atoms with Crippen molar-refractivity contribution < 1.29 is 19.1 Å². The lowest BCUT2D eigenvalue weighted by atomic mass is 10.1. The maximum Gasteiger partial charge on any atom is 0.344 e. The zero-order valence-electron chi connectivity index (χ0n) is 9.67. The van der Waals surface area contributed by atoms with Crippen LogP contribution in [-0.2, 0) is 9.53 Å². The van der Waals surface area contributed by atoms with Crippen molar-refractivity contribution in [3.63, 3.8) is 0 Å². The lowest BCUT2D eigenvalue weighted by Crippen LogP contribution is -2.13. The first kappa shape index (κ1) is 12.2. The standard InChI is InChI=1S/C13H11O5/c1-2-17-11(14)7-9-12(15)8-5-3-4-6-10(8)18-13(9)16/h3-7,15H,2H2,1H3. The highest BCUT2D eigenvalue weighted by atomic mass is 16.5. The molecule has 93 valence electrons. The van der Waals surface area contributed by atoms with Crippen molar-refractivity contribution in [3.05, 3.63) is 46.7 Å². The van der Waals surface area contributed by atoms with Crippen molar-refractivity contribution >= 4 is 16.9 Å². The molecule has 0 fully saturated rings. The molecule has 5 heteroatoms. The van der Waals surface area contributed by atoms with Crippen LogP contribution in [0.4, 0.5) is 0 Å². The summed E-state index contributed by atoms with van der Waals surface area (Å²) in [7, 11) is 0. The van der Waals surface area contributed by atoms with E-state index in [1.807, 2.05) is 0 Å². The molecule has 1 N–H and O–H groups in total. The lowest BCUT2D eigenvalue weighted by Gasteiger charge is -2.05. The van der Waals surface area contributed by atoms with Gasteiger partial charge in [0.05, 0.1) is 17.6 Å². The SMILES string of the molecule is CCOC(=O)[CH]c1c(O)c2ccccc2oc1=O. The normalized spacial score (nSPS) is 10.5. The van der Waals surface area contributed by atoms with Gasteiger partial charge in [0.15, 0.2) is 0 Å². The van der Waals surface area contributed by atoms with Gasteiger partial charge in [-0.1, -0.05) is 12.1 Å². The van der Waals surface area contributed by atoms with Crippen LogP contribution >= 0.6 is 0 Å². The van der Waals surface area contributed by atoms with Gasteiger partial charge in [0.25, 0.3) is 0 Å². The van der Waals surface area contributed by atoms with Gasteiger partial charge in [0.1, 0.15) is 17.8 Å². The Labute approximate surface area is 103 Å². The second-order valence-electron chi connectivity index (χ2n) is 3.54. The van der Waals surface area contributed by atoms with Gasteiger partial charge in [0.2, 0.25) is 0 Å². The number of carbonyl (C=O) groups excluding carboxylic acids is 1. The summed E-state index contributed by atoms with van der Waals surface area (Å²) >= 11 is 0. The summed E-state index contributed by atoms with van der Waals surface area (Å²) in [5.41, 5.74) is -0.715. The molecule has 0 aliphatic rings. The van der Waals surface area contributed by atoms with Crippen molar-refractivity contribution in [2.24, 2.45) is 0 Å². The Morgan fingerprint density at radius 2 is 2.17 bits per heavy atom. The molecule has 5 nitrogen and oxygen atoms in total. The average molecular weight is 247 g/mol. The van der Waals surface area contributed by atoms with Crippen LogP contribution in [0.3, 0.4) is 0 Å². The molecular formula is C13H11O5. The first-order valence-electron chi connectivity index (χ1n) is 5.39. The number of para-hydroxylation sites is 1. The first-order valence-corrected chi connectivity index (χ1v) is 5.39. The Hall–Kier alpha value is -2.30. The summed E-state index contributed by atoms with van der Waals surface area (Å²) in [6.45, 7) is 1.84. The van der Waals surface area contributed by atoms with Gasteiger partial charge in [-0.15, -0.1) is 0 Å². The molecule has 0 amide bonds. The molecular weight excluding hydrogens is 236 g/mol. The second-order valence-corrected chi connectivity index (χ2v) is 3.54. The van der Waals surface area contributed by atoms with E-state index in [-0.39, 0.29) is 23.5 Å². The van der Waals surface area contributed by atoms with Gasteiger partial charge < -0.3 is 14.3 Å². The predicted molar refractivity (Wildman–Crippen MR) is 64.2 cm³/mol. The third kappa shape index (κ3) is 2.20. The highest BCUT2D eigenvalue weighted by molar-refractivity contribution is 5.90. The van der Waals surface area contributed by atoms with Gasteiger partial charge in [-0.2, -0.15) is 0 Å². The summed E-state index contributed by atoms with van der Waals surface area (Å²) in [5, 5.41) is 10.3. The Morgan fingerprint density at radius 1 is 1.44 bits per heavy atom. The molecule has 0 unspecified atom stereocenters. The minimum Gasteiger partial charge on any atom is -0.507 e. The number of aromatic hydroxyl groups is 1. The number of hydrogen-bond donors (Lipinski definition) is 1. The molecule has 0 aliphatic carbocycles. The van der Waals surface area contributed by atoms with Crippen molar-refractivity contribution in [2.45, 2.75) is 6.92 Å². The number of carbonyl (C=O) groups is 1. The third-order valence-corrected chi connectivity index (χ3v) is 2.37. The lowest BCUT2D eigenvalue weighted by molar-refractivity contribution is -0.138. The molecule has 0 saturated carbocycles. The number of rotatable bonds is 3. The number of hydrogen-bond acceptors (Lipinski definition) is 5. The fraction of sp³-hybridized carbons (Fsp3) is 0.154. The van der Waals surface area contributed by atoms with Gasteiger partial charge >= 0.3 is 11.6 Å². The van der Waals surface area contributed by atoms with E-state index in [0.717, 1.165) is 6.42 Å². The molecule has 2 rings (SSSR count). The Balaban J connectivity index is 2.51. The largest absolute Gasteiger partial charge is 0.507 e. The summed E-state index contributed by atoms with van der Waals surface area (Å²) in [6.07, 6.45) is 0.928. The highest BCUT2D eigenvalue weighted by Crippen LogP contribution is 2.26. The van der Waals surface area contributed by atoms with E-state index in [9.17, 15) is 14.7 Å². The molecule has 1 radical (unpaired) electrons. The maximum atomic E-state index is 11.6. The Kier molecular flexibility index (Phi) is 3.32. The van der Waals surface area contributed by atoms with E-state index >= 15 is 0 Å². The summed E-state index contributed by atoms with van der Waals surface area (Å²) < 4.78 is 9.68. The van der Waals surface area contributed by atoms with E-state index < -0.39 is 11.6 Å². The van der Waals surface area contributed by atoms with Gasteiger partial charge in [0, 0.05) is 0 Å². The molecule has 0 bridgehead atoms. The second kappa shape index (κ2) is 4.91. The first-order chi connectivity index (χ1) is 8.63. The zero-order chi connectivity index (χ0) is 13.1. The van der Waals surface area contributed by atoms with Crippen molar-refractivity contribution in [2.75, 3.05) is 6.61 Å². The topological polar surface area (TPSA) is 76.7 Å². The molecule has 0 saturated heterocycles. The average Bonchev–Trinajstić information content (AvgIpc) is 2.35. The predicted octanol–water partition coefficient (Wildman–Crippen LogP) is 1.61. The van der Waals surface area contributed by atoms with Crippen LogP contribution in [0, 0.1) is 6.42 Å². The van der Waals surface area contributed by atoms with E-state index in [4.69, 9.17) is 4.42 Å². The molecule has 18 heavy (non-hydrogen) atoms. The van der Waals surface area contributed by atoms with Crippen LogP contribution in [0.5, 0.6) is 5.75 Å². The summed E-state index contributed by atoms with van der Waals surface area (Å²) in [5.74, 6) is -0.981. The molecule has 1 aromatic carbocycles. The summed E-state index contributed by atoms with van der Waals surface area (Å²) in [4.78, 5) is 22.9. The van der Waals surface area contributed by atoms with Crippen molar-refractivity contribution in [1.29, 1.82) is 0 Å². The summed E-state index contributed by atoms with van der Waals surface area (Å²) in [6, 6.07) is 6.52. The fourth-order valence-electron chi connectivity index (χ4n) is 1.58. The zero-order valence-corrected chi connectivity index (χ0v) is 9.67.